The lowest BCUT2D eigenvalue weighted by Gasteiger charge is -2.34. The predicted octanol–water partition coefficient (Wildman–Crippen LogP) is 5.54. The molecule has 2 aromatic carbocycles. The molecule has 7 nitrogen and oxygen atoms in total. The van der Waals surface area contributed by atoms with Crippen molar-refractivity contribution in [3.8, 4) is 17.2 Å². The zero-order valence-corrected chi connectivity index (χ0v) is 23.1. The zero-order valence-electron chi connectivity index (χ0n) is 22.3. The van der Waals surface area contributed by atoms with Crippen LogP contribution in [0.2, 0.25) is 0 Å². The maximum Gasteiger partial charge on any atom is 0.247 e. The van der Waals surface area contributed by atoms with Gasteiger partial charge in [-0.3, -0.25) is 9.59 Å². The van der Waals surface area contributed by atoms with Crippen molar-refractivity contribution in [1.82, 2.24) is 10.2 Å². The van der Waals surface area contributed by atoms with Gasteiger partial charge >= 0.3 is 0 Å². The van der Waals surface area contributed by atoms with Crippen molar-refractivity contribution >= 4 is 23.2 Å². The fourth-order valence-corrected chi connectivity index (χ4v) is 5.63. The predicted molar refractivity (Wildman–Crippen MR) is 149 cm³/mol. The first-order chi connectivity index (χ1) is 18.5. The zero-order chi connectivity index (χ0) is 26.9. The van der Waals surface area contributed by atoms with Gasteiger partial charge < -0.3 is 24.4 Å². The number of hydrogen-bond acceptors (Lipinski definition) is 6. The highest BCUT2D eigenvalue weighted by Gasteiger charge is 2.35. The fraction of sp³-hybridized carbons (Fsp3) is 0.400. The van der Waals surface area contributed by atoms with Gasteiger partial charge in [0.25, 0.3) is 0 Å². The van der Waals surface area contributed by atoms with Crippen molar-refractivity contribution < 1.29 is 23.8 Å². The van der Waals surface area contributed by atoms with Gasteiger partial charge in [-0.1, -0.05) is 37.5 Å². The van der Waals surface area contributed by atoms with Gasteiger partial charge in [-0.15, -0.1) is 11.3 Å². The first kappa shape index (κ1) is 27.5. The minimum Gasteiger partial charge on any atom is -0.497 e. The van der Waals surface area contributed by atoms with Crippen LogP contribution in [0.1, 0.15) is 54.1 Å². The number of hydrogen-bond donors (Lipinski definition) is 1. The Kier molecular flexibility index (Phi) is 9.65. The molecular formula is C30H36N2O5S. The number of ether oxygens (including phenoxy) is 3. The first-order valence-electron chi connectivity index (χ1n) is 13.0. The van der Waals surface area contributed by atoms with Gasteiger partial charge in [0.1, 0.15) is 23.3 Å². The lowest BCUT2D eigenvalue weighted by atomic mass is 9.94. The van der Waals surface area contributed by atoms with Gasteiger partial charge in [0.15, 0.2) is 0 Å². The summed E-state index contributed by atoms with van der Waals surface area (Å²) in [4.78, 5) is 30.6. The monoisotopic (exact) mass is 536 g/mol. The summed E-state index contributed by atoms with van der Waals surface area (Å²) in [5.74, 6) is 1.51. The third-order valence-electron chi connectivity index (χ3n) is 6.98. The summed E-state index contributed by atoms with van der Waals surface area (Å²) >= 11 is 1.53. The third kappa shape index (κ3) is 6.86. The second-order valence-electron chi connectivity index (χ2n) is 9.48. The maximum absolute atomic E-state index is 14.1. The molecule has 1 fully saturated rings. The Bertz CT molecular complexity index is 1190. The van der Waals surface area contributed by atoms with Crippen molar-refractivity contribution in [1.29, 1.82) is 0 Å². The van der Waals surface area contributed by atoms with Crippen LogP contribution in [0.5, 0.6) is 17.2 Å². The topological polar surface area (TPSA) is 77.1 Å². The van der Waals surface area contributed by atoms with E-state index in [0.717, 1.165) is 41.9 Å². The van der Waals surface area contributed by atoms with Gasteiger partial charge in [0.2, 0.25) is 11.8 Å². The molecule has 0 saturated heterocycles. The van der Waals surface area contributed by atoms with Gasteiger partial charge in [0.05, 0.1) is 27.8 Å². The molecule has 1 heterocycles. The Morgan fingerprint density at radius 3 is 2.29 bits per heavy atom. The molecular weight excluding hydrogens is 500 g/mol. The Hall–Kier alpha value is -3.52. The molecule has 8 heteroatoms. The minimum atomic E-state index is -0.882. The van der Waals surface area contributed by atoms with Crippen molar-refractivity contribution in [2.75, 3.05) is 21.3 Å². The summed E-state index contributed by atoms with van der Waals surface area (Å²) in [6, 6.07) is 16.0. The molecule has 38 heavy (non-hydrogen) atoms. The summed E-state index contributed by atoms with van der Waals surface area (Å²) in [6.45, 7) is 0.256. The van der Waals surface area contributed by atoms with Crippen LogP contribution in [0, 0.1) is 0 Å². The van der Waals surface area contributed by atoms with Crippen molar-refractivity contribution in [3.05, 3.63) is 76.0 Å². The van der Waals surface area contributed by atoms with Crippen LogP contribution in [0.4, 0.5) is 0 Å². The number of benzene rings is 2. The quantitative estimate of drug-likeness (QED) is 0.348. The molecule has 2 amide bonds. The van der Waals surface area contributed by atoms with Gasteiger partial charge in [-0.25, -0.2) is 0 Å². The second-order valence-corrected chi connectivity index (χ2v) is 10.5. The number of rotatable bonds is 11. The van der Waals surface area contributed by atoms with Crippen LogP contribution in [0.15, 0.2) is 60.0 Å². The van der Waals surface area contributed by atoms with E-state index >= 15 is 0 Å². The smallest absolute Gasteiger partial charge is 0.247 e. The Morgan fingerprint density at radius 2 is 1.66 bits per heavy atom. The Balaban J connectivity index is 1.75. The van der Waals surface area contributed by atoms with E-state index in [1.165, 1.54) is 17.8 Å². The van der Waals surface area contributed by atoms with E-state index in [4.69, 9.17) is 14.2 Å². The van der Waals surface area contributed by atoms with Crippen molar-refractivity contribution in [3.63, 3.8) is 0 Å². The summed E-state index contributed by atoms with van der Waals surface area (Å²) in [5, 5.41) is 5.21. The number of carbonyl (C=O) groups is 2. The van der Waals surface area contributed by atoms with Crippen LogP contribution in [-0.4, -0.2) is 44.1 Å². The van der Waals surface area contributed by atoms with Crippen molar-refractivity contribution in [2.45, 2.75) is 57.2 Å². The molecule has 1 aliphatic rings. The van der Waals surface area contributed by atoms with E-state index in [1.54, 1.807) is 38.4 Å². The average Bonchev–Trinajstić information content (AvgIpc) is 3.46. The number of nitrogens with one attached hydrogen (secondary N) is 1. The van der Waals surface area contributed by atoms with E-state index in [9.17, 15) is 9.59 Å². The number of thiophene rings is 1. The molecule has 1 atom stereocenters. The minimum absolute atomic E-state index is 0.0956. The Morgan fingerprint density at radius 1 is 0.947 bits per heavy atom. The molecule has 0 bridgehead atoms. The van der Waals surface area contributed by atoms with Gasteiger partial charge in [-0.2, -0.15) is 0 Å². The first-order valence-corrected chi connectivity index (χ1v) is 13.9. The van der Waals surface area contributed by atoms with Crippen LogP contribution < -0.4 is 19.5 Å². The van der Waals surface area contributed by atoms with Crippen LogP contribution in [-0.2, 0) is 22.6 Å². The molecule has 1 saturated carbocycles. The van der Waals surface area contributed by atoms with E-state index in [0.29, 0.717) is 17.1 Å². The van der Waals surface area contributed by atoms with Crippen molar-refractivity contribution in [2.24, 2.45) is 0 Å². The average molecular weight is 537 g/mol. The van der Waals surface area contributed by atoms with E-state index in [2.05, 4.69) is 5.32 Å². The lowest BCUT2D eigenvalue weighted by Crippen LogP contribution is -2.47. The summed E-state index contributed by atoms with van der Waals surface area (Å²) in [5.41, 5.74) is 1.52. The molecule has 1 N–H and O–H groups in total. The highest BCUT2D eigenvalue weighted by molar-refractivity contribution is 7.10. The highest BCUT2D eigenvalue weighted by atomic mass is 32.1. The molecule has 0 unspecified atom stereocenters. The SMILES string of the molecule is COc1ccc(CN(C(=O)Cc2cccs2)[C@@H](C(=O)NC2CCCCC2)c2ccc(OC)cc2OC)cc1. The number of nitrogens with zero attached hydrogens (tertiary/aromatic N) is 1. The molecule has 1 aliphatic carbocycles. The highest BCUT2D eigenvalue weighted by Crippen LogP contribution is 2.35. The summed E-state index contributed by atoms with van der Waals surface area (Å²) in [6.07, 6.45) is 5.47. The van der Waals surface area contributed by atoms with Crippen LogP contribution >= 0.6 is 11.3 Å². The molecule has 0 radical (unpaired) electrons. The normalized spacial score (nSPS) is 14.4. The van der Waals surface area contributed by atoms with Gasteiger partial charge in [-0.05, 0) is 54.1 Å². The van der Waals surface area contributed by atoms with Crippen LogP contribution in [0.25, 0.3) is 0 Å². The molecule has 0 aliphatic heterocycles. The molecule has 202 valence electrons. The maximum atomic E-state index is 14.1. The van der Waals surface area contributed by atoms with E-state index in [-0.39, 0.29) is 30.8 Å². The largest absolute Gasteiger partial charge is 0.497 e. The third-order valence-corrected chi connectivity index (χ3v) is 7.86. The standard InChI is InChI=1S/C30H36N2O5S/c1-35-23-13-11-21(12-14-23)20-32(28(33)19-25-10-7-17-38-25)29(30(34)31-22-8-5-4-6-9-22)26-16-15-24(36-2)18-27(26)37-3/h7,10-18,22,29H,4-6,8-9,19-20H2,1-3H3,(H,31,34)/t29-/m1/s1. The molecule has 1 aromatic heterocycles. The number of amides is 2. The molecule has 4 rings (SSSR count). The number of methoxy groups -OCH3 is 3. The van der Waals surface area contributed by atoms with Gasteiger partial charge in [0, 0.05) is 29.1 Å². The summed E-state index contributed by atoms with van der Waals surface area (Å²) < 4.78 is 16.4. The lowest BCUT2D eigenvalue weighted by molar-refractivity contribution is -0.141. The number of carbonyl (C=O) groups excluding carboxylic acids is 2. The molecule has 3 aromatic rings. The molecule has 0 spiro atoms. The fourth-order valence-electron chi connectivity index (χ4n) is 4.94. The Labute approximate surface area is 228 Å². The summed E-state index contributed by atoms with van der Waals surface area (Å²) in [7, 11) is 4.77. The van der Waals surface area contributed by atoms with Crippen LogP contribution in [0.3, 0.4) is 0 Å². The second kappa shape index (κ2) is 13.3. The van der Waals surface area contributed by atoms with E-state index in [1.807, 2.05) is 47.8 Å². The van der Waals surface area contributed by atoms with E-state index < -0.39 is 6.04 Å².